The fourth-order valence-corrected chi connectivity index (χ4v) is 2.72. The molecule has 0 spiro atoms. The topological polar surface area (TPSA) is 54.2 Å². The first-order valence-electron chi connectivity index (χ1n) is 6.92. The van der Waals surface area contributed by atoms with Crippen LogP contribution in [0.5, 0.6) is 0 Å². The van der Waals surface area contributed by atoms with Gasteiger partial charge in [-0.3, -0.25) is 0 Å². The Bertz CT molecular complexity index is 604. The van der Waals surface area contributed by atoms with Crippen molar-refractivity contribution in [1.82, 2.24) is 4.98 Å². The maximum atomic E-state index is 5.84. The highest BCUT2D eigenvalue weighted by molar-refractivity contribution is 5.53. The molecule has 20 heavy (non-hydrogen) atoms. The predicted molar refractivity (Wildman–Crippen MR) is 84.1 cm³/mol. The molecular weight excluding hydrogens is 248 g/mol. The third-order valence-corrected chi connectivity index (χ3v) is 3.79. The summed E-state index contributed by atoms with van der Waals surface area (Å²) in [4.78, 5) is 6.43. The molecule has 3 N–H and O–H groups in total. The summed E-state index contributed by atoms with van der Waals surface area (Å²) in [6.45, 7) is 0. The Hall–Kier alpha value is -2.23. The van der Waals surface area contributed by atoms with E-state index in [0.717, 1.165) is 30.0 Å². The number of hydrogen-bond donors (Lipinski definition) is 2. The van der Waals surface area contributed by atoms with E-state index >= 15 is 0 Å². The highest BCUT2D eigenvalue weighted by atomic mass is 15.1. The van der Waals surface area contributed by atoms with Gasteiger partial charge in [-0.15, -0.1) is 0 Å². The van der Waals surface area contributed by atoms with Crippen LogP contribution in [0.25, 0.3) is 0 Å². The number of benzene rings is 1. The Kier molecular flexibility index (Phi) is 3.22. The fourth-order valence-electron chi connectivity index (χ4n) is 2.72. The average Bonchev–Trinajstić information content (AvgIpc) is 2.81. The van der Waals surface area contributed by atoms with Crippen LogP contribution in [0.3, 0.4) is 0 Å². The standard InChI is InChI=1S/C16H20N4/c1-20(2)16-8-5-13(10-18-16)19-15-7-3-11-9-12(17)4-6-14(11)15/h4-6,8-10,15,19H,3,7,17H2,1-2H3. The van der Waals surface area contributed by atoms with E-state index in [9.17, 15) is 0 Å². The first-order valence-corrected chi connectivity index (χ1v) is 6.92. The zero-order valence-electron chi connectivity index (χ0n) is 11.9. The van der Waals surface area contributed by atoms with Gasteiger partial charge in [0.25, 0.3) is 0 Å². The monoisotopic (exact) mass is 268 g/mol. The van der Waals surface area contributed by atoms with Gasteiger partial charge in [0.05, 0.1) is 17.9 Å². The van der Waals surface area contributed by atoms with Crippen molar-refractivity contribution >= 4 is 17.2 Å². The van der Waals surface area contributed by atoms with E-state index in [4.69, 9.17) is 5.73 Å². The van der Waals surface area contributed by atoms with Crippen molar-refractivity contribution in [3.8, 4) is 0 Å². The summed E-state index contributed by atoms with van der Waals surface area (Å²) in [6.07, 6.45) is 4.08. The number of aromatic nitrogens is 1. The molecule has 1 aliphatic rings. The molecule has 1 aliphatic carbocycles. The highest BCUT2D eigenvalue weighted by Crippen LogP contribution is 2.34. The molecule has 4 nitrogen and oxygen atoms in total. The van der Waals surface area contributed by atoms with Crippen LogP contribution < -0.4 is 16.0 Å². The summed E-state index contributed by atoms with van der Waals surface area (Å²) in [5, 5.41) is 3.56. The van der Waals surface area contributed by atoms with Crippen LogP contribution in [0, 0.1) is 0 Å². The zero-order valence-corrected chi connectivity index (χ0v) is 11.9. The number of rotatable bonds is 3. The Morgan fingerprint density at radius 1 is 1.25 bits per heavy atom. The first kappa shape index (κ1) is 12.8. The van der Waals surface area contributed by atoms with Crippen LogP contribution in [0.4, 0.5) is 17.2 Å². The largest absolute Gasteiger partial charge is 0.399 e. The van der Waals surface area contributed by atoms with E-state index in [1.807, 2.05) is 37.3 Å². The molecule has 0 bridgehead atoms. The normalized spacial score (nSPS) is 16.8. The van der Waals surface area contributed by atoms with E-state index in [2.05, 4.69) is 28.5 Å². The molecular formula is C16H20N4. The summed E-state index contributed by atoms with van der Waals surface area (Å²) in [7, 11) is 3.99. The number of hydrogen-bond acceptors (Lipinski definition) is 4. The molecule has 1 aromatic heterocycles. The van der Waals surface area contributed by atoms with Crippen molar-refractivity contribution < 1.29 is 0 Å². The summed E-state index contributed by atoms with van der Waals surface area (Å²) in [5.41, 5.74) is 10.5. The van der Waals surface area contributed by atoms with Gasteiger partial charge in [-0.25, -0.2) is 4.98 Å². The molecule has 1 atom stereocenters. The molecule has 0 aliphatic heterocycles. The highest BCUT2D eigenvalue weighted by Gasteiger charge is 2.22. The van der Waals surface area contributed by atoms with Gasteiger partial charge in [0.2, 0.25) is 0 Å². The second kappa shape index (κ2) is 5.04. The molecule has 0 fully saturated rings. The molecule has 1 heterocycles. The van der Waals surface area contributed by atoms with Crippen LogP contribution >= 0.6 is 0 Å². The summed E-state index contributed by atoms with van der Waals surface area (Å²) in [6, 6.07) is 10.7. The van der Waals surface area contributed by atoms with Gasteiger partial charge in [-0.1, -0.05) is 6.07 Å². The molecule has 0 saturated heterocycles. The Balaban J connectivity index is 1.77. The molecule has 0 saturated carbocycles. The fraction of sp³-hybridized carbons (Fsp3) is 0.312. The van der Waals surface area contributed by atoms with E-state index in [0.29, 0.717) is 6.04 Å². The molecule has 1 aromatic carbocycles. The maximum absolute atomic E-state index is 5.84. The van der Waals surface area contributed by atoms with Gasteiger partial charge < -0.3 is 16.0 Å². The summed E-state index contributed by atoms with van der Waals surface area (Å²) >= 11 is 0. The minimum Gasteiger partial charge on any atom is -0.399 e. The van der Waals surface area contributed by atoms with E-state index < -0.39 is 0 Å². The molecule has 2 aromatic rings. The minimum absolute atomic E-state index is 0.359. The lowest BCUT2D eigenvalue weighted by molar-refractivity contribution is 0.761. The third kappa shape index (κ3) is 2.41. The second-order valence-electron chi connectivity index (χ2n) is 5.49. The minimum atomic E-state index is 0.359. The quantitative estimate of drug-likeness (QED) is 0.840. The first-order chi connectivity index (χ1) is 9.63. The van der Waals surface area contributed by atoms with Crippen molar-refractivity contribution in [2.24, 2.45) is 0 Å². The van der Waals surface area contributed by atoms with Crippen LogP contribution in [0.15, 0.2) is 36.5 Å². The second-order valence-corrected chi connectivity index (χ2v) is 5.49. The summed E-state index contributed by atoms with van der Waals surface area (Å²) < 4.78 is 0. The Morgan fingerprint density at radius 2 is 2.10 bits per heavy atom. The number of aryl methyl sites for hydroxylation is 1. The lowest BCUT2D eigenvalue weighted by atomic mass is 10.1. The lowest BCUT2D eigenvalue weighted by Gasteiger charge is -2.17. The van der Waals surface area contributed by atoms with E-state index in [1.165, 1.54) is 11.1 Å². The van der Waals surface area contributed by atoms with Crippen LogP contribution in [0.2, 0.25) is 0 Å². The lowest BCUT2D eigenvalue weighted by Crippen LogP contribution is -2.11. The van der Waals surface area contributed by atoms with Gasteiger partial charge in [0.1, 0.15) is 5.82 Å². The number of nitrogens with two attached hydrogens (primary N) is 1. The van der Waals surface area contributed by atoms with Gasteiger partial charge in [-0.2, -0.15) is 0 Å². The Morgan fingerprint density at radius 3 is 2.80 bits per heavy atom. The number of nitrogens with zero attached hydrogens (tertiary/aromatic N) is 2. The van der Waals surface area contributed by atoms with E-state index in [-0.39, 0.29) is 0 Å². The average molecular weight is 268 g/mol. The van der Waals surface area contributed by atoms with Crippen LogP contribution in [-0.4, -0.2) is 19.1 Å². The molecule has 0 radical (unpaired) electrons. The van der Waals surface area contributed by atoms with Crippen molar-refractivity contribution in [2.45, 2.75) is 18.9 Å². The SMILES string of the molecule is CN(C)c1ccc(NC2CCc3cc(N)ccc32)cn1. The van der Waals surface area contributed by atoms with Gasteiger partial charge in [0.15, 0.2) is 0 Å². The zero-order chi connectivity index (χ0) is 14.1. The van der Waals surface area contributed by atoms with Crippen molar-refractivity contribution in [2.75, 3.05) is 30.0 Å². The van der Waals surface area contributed by atoms with Gasteiger partial charge in [-0.05, 0) is 48.2 Å². The number of pyridine rings is 1. The van der Waals surface area contributed by atoms with E-state index in [1.54, 1.807) is 0 Å². The maximum Gasteiger partial charge on any atom is 0.128 e. The Labute approximate surface area is 119 Å². The van der Waals surface area contributed by atoms with Crippen molar-refractivity contribution in [1.29, 1.82) is 0 Å². The number of nitrogens with one attached hydrogen (secondary N) is 1. The van der Waals surface area contributed by atoms with Crippen molar-refractivity contribution in [3.63, 3.8) is 0 Å². The number of nitrogen functional groups attached to an aromatic ring is 1. The third-order valence-electron chi connectivity index (χ3n) is 3.79. The summed E-state index contributed by atoms with van der Waals surface area (Å²) in [5.74, 6) is 0.968. The molecule has 1 unspecified atom stereocenters. The number of fused-ring (bicyclic) bond motifs is 1. The van der Waals surface area contributed by atoms with Crippen LogP contribution in [-0.2, 0) is 6.42 Å². The van der Waals surface area contributed by atoms with Crippen molar-refractivity contribution in [3.05, 3.63) is 47.7 Å². The molecule has 4 heteroatoms. The van der Waals surface area contributed by atoms with Crippen LogP contribution in [0.1, 0.15) is 23.6 Å². The predicted octanol–water partition coefficient (Wildman–Crippen LogP) is 2.83. The molecule has 0 amide bonds. The van der Waals surface area contributed by atoms with Gasteiger partial charge >= 0.3 is 0 Å². The number of anilines is 3. The molecule has 3 rings (SSSR count). The molecule has 104 valence electrons. The van der Waals surface area contributed by atoms with Gasteiger partial charge in [0, 0.05) is 19.8 Å². The smallest absolute Gasteiger partial charge is 0.128 e.